The van der Waals surface area contributed by atoms with Crippen molar-refractivity contribution in [1.29, 1.82) is 0 Å². The van der Waals surface area contributed by atoms with Crippen LogP contribution in [-0.4, -0.2) is 11.5 Å². The largest absolute Gasteiger partial charge is 0.455 e. The molecule has 0 aromatic rings. The van der Waals surface area contributed by atoms with Crippen molar-refractivity contribution in [3.63, 3.8) is 0 Å². The standard InChI is InChI=1S/C2H4BrClOP/c3-1-2-6(4)5/h1-2H2/q+1. The molecular formula is C2H4BrClOP+. The van der Waals surface area contributed by atoms with Gasteiger partial charge in [-0.25, -0.2) is 0 Å². The molecule has 0 radical (unpaired) electrons. The highest BCUT2D eigenvalue weighted by atomic mass is 79.9. The fraction of sp³-hybridized carbons (Fsp3) is 1.00. The maximum Gasteiger partial charge on any atom is 0.455 e. The van der Waals surface area contributed by atoms with Crippen molar-refractivity contribution in [2.45, 2.75) is 0 Å². The molecule has 0 rings (SSSR count). The van der Waals surface area contributed by atoms with Gasteiger partial charge >= 0.3 is 7.15 Å². The molecule has 1 unspecified atom stereocenters. The molecule has 0 spiro atoms. The van der Waals surface area contributed by atoms with Gasteiger partial charge in [-0.2, -0.15) is 0 Å². The first-order valence-electron chi connectivity index (χ1n) is 1.44. The summed E-state index contributed by atoms with van der Waals surface area (Å²) < 4.78 is 9.93. The molecule has 36 valence electrons. The van der Waals surface area contributed by atoms with E-state index in [0.717, 1.165) is 5.33 Å². The van der Waals surface area contributed by atoms with Crippen molar-refractivity contribution in [3.8, 4) is 0 Å². The van der Waals surface area contributed by atoms with Gasteiger partial charge in [0.2, 0.25) is 11.2 Å². The van der Waals surface area contributed by atoms with Gasteiger partial charge in [-0.1, -0.05) is 20.5 Å². The maximum absolute atomic E-state index is 9.93. The Bertz CT molecular complexity index is 57.5. The third kappa shape index (κ3) is 4.87. The minimum Gasteiger partial charge on any atom is -0.0881 e. The Balaban J connectivity index is 2.83. The molecule has 0 aromatic carbocycles. The van der Waals surface area contributed by atoms with Crippen LogP contribution < -0.4 is 0 Å². The number of alkyl halides is 1. The van der Waals surface area contributed by atoms with Crippen molar-refractivity contribution in [2.24, 2.45) is 0 Å². The summed E-state index contributed by atoms with van der Waals surface area (Å²) in [6.45, 7) is 0. The first-order chi connectivity index (χ1) is 2.77. The van der Waals surface area contributed by atoms with Crippen LogP contribution in [0.2, 0.25) is 0 Å². The number of halogens is 2. The highest BCUT2D eigenvalue weighted by Gasteiger charge is 2.05. The summed E-state index contributed by atoms with van der Waals surface area (Å²) in [5.74, 6) is 0. The molecule has 0 heterocycles. The molecular weight excluding hydrogens is 186 g/mol. The zero-order valence-electron chi connectivity index (χ0n) is 3.03. The van der Waals surface area contributed by atoms with Crippen LogP contribution in [0, 0.1) is 0 Å². The molecule has 1 atom stereocenters. The molecule has 6 heavy (non-hydrogen) atoms. The Morgan fingerprint density at radius 2 is 2.33 bits per heavy atom. The minimum atomic E-state index is -1.43. The minimum absolute atomic E-state index is 0.566. The molecule has 0 aliphatic carbocycles. The lowest BCUT2D eigenvalue weighted by Crippen LogP contribution is -1.68. The van der Waals surface area contributed by atoms with Gasteiger partial charge in [0.15, 0.2) is 6.16 Å². The Morgan fingerprint density at radius 3 is 2.33 bits per heavy atom. The molecule has 0 saturated carbocycles. The second kappa shape index (κ2) is 4.04. The van der Waals surface area contributed by atoms with Gasteiger partial charge in [0, 0.05) is 5.33 Å². The van der Waals surface area contributed by atoms with Crippen LogP contribution in [0.25, 0.3) is 0 Å². The van der Waals surface area contributed by atoms with Gasteiger partial charge in [0.25, 0.3) is 0 Å². The van der Waals surface area contributed by atoms with Gasteiger partial charge in [-0.15, -0.1) is 0 Å². The van der Waals surface area contributed by atoms with E-state index in [-0.39, 0.29) is 0 Å². The lowest BCUT2D eigenvalue weighted by Gasteiger charge is -1.62. The third-order valence-electron chi connectivity index (χ3n) is 0.260. The average molecular weight is 190 g/mol. The summed E-state index contributed by atoms with van der Waals surface area (Å²) in [5.41, 5.74) is 0. The van der Waals surface area contributed by atoms with E-state index >= 15 is 0 Å². The second-order valence-electron chi connectivity index (χ2n) is 0.730. The first-order valence-corrected chi connectivity index (χ1v) is 4.91. The summed E-state index contributed by atoms with van der Waals surface area (Å²) in [4.78, 5) is 0. The highest BCUT2D eigenvalue weighted by Crippen LogP contribution is 2.25. The number of rotatable bonds is 2. The smallest absolute Gasteiger partial charge is 0.0881 e. The van der Waals surface area contributed by atoms with E-state index < -0.39 is 7.15 Å². The predicted octanol–water partition coefficient (Wildman–Crippen LogP) is 2.36. The Kier molecular flexibility index (Phi) is 4.63. The molecule has 4 heteroatoms. The van der Waals surface area contributed by atoms with Gasteiger partial charge in [0.1, 0.15) is 0 Å². The molecule has 0 aliphatic rings. The third-order valence-corrected chi connectivity index (χ3v) is 2.35. The predicted molar refractivity (Wildman–Crippen MR) is 32.1 cm³/mol. The van der Waals surface area contributed by atoms with E-state index in [1.807, 2.05) is 0 Å². The molecule has 1 nitrogen and oxygen atoms in total. The van der Waals surface area contributed by atoms with Crippen LogP contribution >= 0.6 is 34.3 Å². The topological polar surface area (TPSA) is 17.1 Å². The van der Waals surface area contributed by atoms with Crippen molar-refractivity contribution in [3.05, 3.63) is 0 Å². The van der Waals surface area contributed by atoms with E-state index in [2.05, 4.69) is 15.9 Å². The number of hydrogen-bond donors (Lipinski definition) is 0. The van der Waals surface area contributed by atoms with Crippen LogP contribution in [0.4, 0.5) is 0 Å². The fourth-order valence-electron chi connectivity index (χ4n) is 0.0664. The highest BCUT2D eigenvalue weighted by molar-refractivity contribution is 9.09. The van der Waals surface area contributed by atoms with E-state index in [4.69, 9.17) is 11.2 Å². The molecule has 0 N–H and O–H groups in total. The molecule has 0 saturated heterocycles. The van der Waals surface area contributed by atoms with Gasteiger partial charge in [-0.05, 0) is 0 Å². The fourth-order valence-corrected chi connectivity index (χ4v) is 2.03. The van der Waals surface area contributed by atoms with E-state index in [1.54, 1.807) is 0 Å². The van der Waals surface area contributed by atoms with Crippen LogP contribution in [0.15, 0.2) is 0 Å². The maximum atomic E-state index is 9.93. The van der Waals surface area contributed by atoms with Crippen molar-refractivity contribution in [2.75, 3.05) is 11.5 Å². The quantitative estimate of drug-likeness (QED) is 0.482. The molecule has 0 fully saturated rings. The molecule has 0 bridgehead atoms. The average Bonchev–Trinajstić information content (AvgIpc) is 1.35. The van der Waals surface area contributed by atoms with Crippen molar-refractivity contribution < 1.29 is 4.57 Å². The zero-order valence-corrected chi connectivity index (χ0v) is 6.26. The van der Waals surface area contributed by atoms with Gasteiger partial charge in [0.05, 0.1) is 0 Å². The van der Waals surface area contributed by atoms with Crippen LogP contribution in [0.1, 0.15) is 0 Å². The lowest BCUT2D eigenvalue weighted by atomic mass is 11.0. The Labute approximate surface area is 50.8 Å². The Hall–Kier alpha value is 0.870. The van der Waals surface area contributed by atoms with Crippen LogP contribution in [0.5, 0.6) is 0 Å². The van der Waals surface area contributed by atoms with Crippen LogP contribution in [0.3, 0.4) is 0 Å². The normalized spacial score (nSPS) is 11.3. The first kappa shape index (κ1) is 6.87. The zero-order chi connectivity index (χ0) is 4.99. The Morgan fingerprint density at radius 1 is 1.83 bits per heavy atom. The molecule has 0 amide bonds. The molecule has 0 aromatic heterocycles. The molecule has 0 aliphatic heterocycles. The SMILES string of the molecule is O=[P+](Cl)CCBr. The summed E-state index contributed by atoms with van der Waals surface area (Å²) >= 11 is 8.14. The lowest BCUT2D eigenvalue weighted by molar-refractivity contribution is 0.596. The van der Waals surface area contributed by atoms with E-state index in [9.17, 15) is 4.57 Å². The summed E-state index contributed by atoms with van der Waals surface area (Å²) in [6.07, 6.45) is 0.566. The summed E-state index contributed by atoms with van der Waals surface area (Å²) in [6, 6.07) is 0. The van der Waals surface area contributed by atoms with Gasteiger partial charge in [-0.3, -0.25) is 0 Å². The van der Waals surface area contributed by atoms with Gasteiger partial charge < -0.3 is 0 Å². The van der Waals surface area contributed by atoms with Crippen molar-refractivity contribution in [1.82, 2.24) is 0 Å². The van der Waals surface area contributed by atoms with Crippen LogP contribution in [-0.2, 0) is 4.57 Å². The number of hydrogen-bond acceptors (Lipinski definition) is 1. The van der Waals surface area contributed by atoms with E-state index in [1.165, 1.54) is 0 Å². The van der Waals surface area contributed by atoms with E-state index in [0.29, 0.717) is 6.16 Å². The summed E-state index contributed by atoms with van der Waals surface area (Å²) in [7, 11) is -1.43. The summed E-state index contributed by atoms with van der Waals surface area (Å²) in [5, 5.41) is 0.728. The second-order valence-corrected chi connectivity index (χ2v) is 3.74. The monoisotopic (exact) mass is 189 g/mol. The van der Waals surface area contributed by atoms with Crippen molar-refractivity contribution >= 4 is 34.3 Å².